The lowest BCUT2D eigenvalue weighted by atomic mass is 10.2. The van der Waals surface area contributed by atoms with Crippen molar-refractivity contribution in [2.24, 2.45) is 5.73 Å². The first-order valence-electron chi connectivity index (χ1n) is 10.1. The minimum absolute atomic E-state index is 0.106. The Morgan fingerprint density at radius 1 is 1.19 bits per heavy atom. The van der Waals surface area contributed by atoms with Crippen molar-refractivity contribution >= 4 is 40.3 Å². The van der Waals surface area contributed by atoms with Crippen LogP contribution in [0.15, 0.2) is 44.8 Å². The summed E-state index contributed by atoms with van der Waals surface area (Å²) < 4.78 is 6.58. The van der Waals surface area contributed by atoms with Gasteiger partial charge in [0, 0.05) is 31.2 Å². The van der Waals surface area contributed by atoms with Crippen LogP contribution in [0.1, 0.15) is 37.9 Å². The first-order valence-corrected chi connectivity index (χ1v) is 11.1. The van der Waals surface area contributed by atoms with Crippen LogP contribution >= 0.6 is 11.8 Å². The van der Waals surface area contributed by atoms with Gasteiger partial charge < -0.3 is 15.6 Å². The Hall–Kier alpha value is -3.14. The molecule has 2 amide bonds. The van der Waals surface area contributed by atoms with Crippen molar-refractivity contribution in [3.05, 3.63) is 46.4 Å². The summed E-state index contributed by atoms with van der Waals surface area (Å²) in [5, 5.41) is 7.55. The Morgan fingerprint density at radius 3 is 2.74 bits per heavy atom. The summed E-state index contributed by atoms with van der Waals surface area (Å²) in [4.78, 5) is 40.7. The van der Waals surface area contributed by atoms with Crippen molar-refractivity contribution in [1.29, 1.82) is 0 Å². The van der Waals surface area contributed by atoms with Crippen LogP contribution in [0.3, 0.4) is 0 Å². The summed E-state index contributed by atoms with van der Waals surface area (Å²) in [6.07, 6.45) is 2.78. The van der Waals surface area contributed by atoms with Gasteiger partial charge in [-0.05, 0) is 31.9 Å². The summed E-state index contributed by atoms with van der Waals surface area (Å²) in [5.41, 5.74) is 5.70. The summed E-state index contributed by atoms with van der Waals surface area (Å²) in [6.45, 7) is 2.24. The van der Waals surface area contributed by atoms with Crippen LogP contribution in [0.25, 0.3) is 10.9 Å². The smallest absolute Gasteiger partial charge is 0.262 e. The van der Waals surface area contributed by atoms with E-state index in [-0.39, 0.29) is 23.8 Å². The molecular weight excluding hydrogens is 418 g/mol. The van der Waals surface area contributed by atoms with Gasteiger partial charge >= 0.3 is 0 Å². The average molecular weight is 444 g/mol. The Labute approximate surface area is 183 Å². The number of aryl methyl sites for hydroxylation is 1. The van der Waals surface area contributed by atoms with E-state index in [1.54, 1.807) is 29.7 Å². The number of anilines is 1. The molecule has 0 saturated carbocycles. The number of nitrogens with one attached hydrogen (secondary N) is 1. The van der Waals surface area contributed by atoms with Crippen molar-refractivity contribution in [3.63, 3.8) is 0 Å². The summed E-state index contributed by atoms with van der Waals surface area (Å²) in [5.74, 6) is 0.936. The molecule has 10 heteroatoms. The zero-order chi connectivity index (χ0) is 22.2. The number of benzene rings is 1. The summed E-state index contributed by atoms with van der Waals surface area (Å²) in [6, 6.07) is 8.86. The van der Waals surface area contributed by atoms with Gasteiger partial charge in [0.05, 0.1) is 10.9 Å². The molecule has 0 saturated heterocycles. The molecule has 0 aliphatic carbocycles. The number of rotatable bonds is 11. The number of aromatic nitrogens is 3. The maximum Gasteiger partial charge on any atom is 0.262 e. The van der Waals surface area contributed by atoms with Crippen LogP contribution in [-0.2, 0) is 16.1 Å². The Balaban J connectivity index is 1.66. The predicted octanol–water partition coefficient (Wildman–Crippen LogP) is 2.86. The zero-order valence-electron chi connectivity index (χ0n) is 17.3. The lowest BCUT2D eigenvalue weighted by molar-refractivity contribution is -0.118. The Bertz CT molecular complexity index is 1120. The fourth-order valence-electron chi connectivity index (χ4n) is 3.07. The van der Waals surface area contributed by atoms with Crippen molar-refractivity contribution < 1.29 is 14.1 Å². The number of primary amides is 1. The first kappa shape index (κ1) is 22.5. The van der Waals surface area contributed by atoms with Gasteiger partial charge in [0.1, 0.15) is 5.76 Å². The van der Waals surface area contributed by atoms with E-state index >= 15 is 0 Å². The number of hydrogen-bond acceptors (Lipinski definition) is 7. The lowest BCUT2D eigenvalue weighted by Gasteiger charge is -2.13. The lowest BCUT2D eigenvalue weighted by Crippen LogP contribution is -2.24. The minimum Gasteiger partial charge on any atom is -0.370 e. The molecule has 9 nitrogen and oxygen atoms in total. The van der Waals surface area contributed by atoms with Crippen LogP contribution in [-0.4, -0.2) is 32.3 Å². The van der Waals surface area contributed by atoms with Gasteiger partial charge in [-0.2, -0.15) is 0 Å². The quantitative estimate of drug-likeness (QED) is 0.264. The van der Waals surface area contributed by atoms with Crippen molar-refractivity contribution in [2.75, 3.05) is 11.1 Å². The fourth-order valence-corrected chi connectivity index (χ4v) is 4.03. The molecule has 3 aromatic rings. The number of carbonyl (C=O) groups excluding carboxylic acids is 2. The number of thioether (sulfide) groups is 1. The second-order valence-electron chi connectivity index (χ2n) is 7.11. The maximum atomic E-state index is 13.0. The van der Waals surface area contributed by atoms with Gasteiger partial charge in [0.2, 0.25) is 11.8 Å². The maximum absolute atomic E-state index is 13.0. The number of para-hydroxylation sites is 1. The molecular formula is C21H25N5O4S. The van der Waals surface area contributed by atoms with Crippen LogP contribution in [0.4, 0.5) is 5.82 Å². The van der Waals surface area contributed by atoms with E-state index in [0.717, 1.165) is 12.8 Å². The molecule has 0 fully saturated rings. The average Bonchev–Trinajstić information content (AvgIpc) is 3.14. The van der Waals surface area contributed by atoms with E-state index in [4.69, 9.17) is 10.3 Å². The van der Waals surface area contributed by atoms with Crippen LogP contribution in [0, 0.1) is 6.92 Å². The zero-order valence-corrected chi connectivity index (χ0v) is 18.1. The van der Waals surface area contributed by atoms with Gasteiger partial charge in [-0.3, -0.25) is 19.0 Å². The molecule has 0 spiro atoms. The third-order valence-electron chi connectivity index (χ3n) is 4.59. The van der Waals surface area contributed by atoms with E-state index in [2.05, 4.69) is 15.5 Å². The van der Waals surface area contributed by atoms with E-state index in [0.29, 0.717) is 52.8 Å². The summed E-state index contributed by atoms with van der Waals surface area (Å²) in [7, 11) is 0. The third-order valence-corrected chi connectivity index (χ3v) is 5.57. The molecule has 164 valence electrons. The highest BCUT2D eigenvalue weighted by atomic mass is 32.2. The topological polar surface area (TPSA) is 133 Å². The molecule has 1 aromatic carbocycles. The van der Waals surface area contributed by atoms with E-state index in [9.17, 15) is 14.4 Å². The van der Waals surface area contributed by atoms with E-state index in [1.165, 1.54) is 11.8 Å². The van der Waals surface area contributed by atoms with Crippen molar-refractivity contribution in [1.82, 2.24) is 14.7 Å². The van der Waals surface area contributed by atoms with E-state index < -0.39 is 0 Å². The molecule has 0 radical (unpaired) electrons. The second kappa shape index (κ2) is 10.8. The molecule has 0 unspecified atom stereocenters. The number of amides is 2. The monoisotopic (exact) mass is 443 g/mol. The second-order valence-corrected chi connectivity index (χ2v) is 8.18. The van der Waals surface area contributed by atoms with Crippen LogP contribution in [0.2, 0.25) is 0 Å². The molecule has 3 rings (SSSR count). The SMILES string of the molecule is Cc1cc(NC(=O)CCSc2nc3ccccc3c(=O)n2CCCCCC(N)=O)no1. The van der Waals surface area contributed by atoms with Gasteiger partial charge in [0.25, 0.3) is 5.56 Å². The molecule has 0 bridgehead atoms. The van der Waals surface area contributed by atoms with Crippen LogP contribution in [0.5, 0.6) is 0 Å². The number of unbranched alkanes of at least 4 members (excludes halogenated alkanes) is 2. The number of fused-ring (bicyclic) bond motifs is 1. The van der Waals surface area contributed by atoms with Crippen molar-refractivity contribution in [3.8, 4) is 0 Å². The molecule has 2 aromatic heterocycles. The number of carbonyl (C=O) groups is 2. The first-order chi connectivity index (χ1) is 14.9. The molecule has 3 N–H and O–H groups in total. The number of hydrogen-bond donors (Lipinski definition) is 2. The molecule has 0 atom stereocenters. The minimum atomic E-state index is -0.320. The molecule has 31 heavy (non-hydrogen) atoms. The number of nitrogens with zero attached hydrogens (tertiary/aromatic N) is 3. The fraction of sp³-hybridized carbons (Fsp3) is 0.381. The Morgan fingerprint density at radius 2 is 2.00 bits per heavy atom. The normalized spacial score (nSPS) is 11.0. The standard InChI is InChI=1S/C21H25N5O4S/c1-14-13-18(25-30-14)24-19(28)10-12-31-21-23-16-8-5-4-7-15(16)20(29)26(21)11-6-2-3-9-17(22)27/h4-5,7-8,13H,2-3,6,9-12H2,1H3,(H2,22,27)(H,24,25,28). The number of nitrogens with two attached hydrogens (primary N) is 1. The van der Waals surface area contributed by atoms with Crippen molar-refractivity contribution in [2.45, 2.75) is 50.7 Å². The third kappa shape index (κ3) is 6.42. The summed E-state index contributed by atoms with van der Waals surface area (Å²) >= 11 is 1.36. The predicted molar refractivity (Wildman–Crippen MR) is 119 cm³/mol. The van der Waals surface area contributed by atoms with Gasteiger partial charge in [-0.1, -0.05) is 35.5 Å². The molecule has 0 aliphatic heterocycles. The Kier molecular flexibility index (Phi) is 7.82. The van der Waals surface area contributed by atoms with Gasteiger partial charge in [0.15, 0.2) is 11.0 Å². The van der Waals surface area contributed by atoms with Gasteiger partial charge in [-0.15, -0.1) is 0 Å². The van der Waals surface area contributed by atoms with E-state index in [1.807, 2.05) is 12.1 Å². The highest BCUT2D eigenvalue weighted by Gasteiger charge is 2.13. The largest absolute Gasteiger partial charge is 0.370 e. The molecule has 2 heterocycles. The van der Waals surface area contributed by atoms with Gasteiger partial charge in [-0.25, -0.2) is 4.98 Å². The van der Waals surface area contributed by atoms with Crippen LogP contribution < -0.4 is 16.6 Å². The highest BCUT2D eigenvalue weighted by molar-refractivity contribution is 7.99. The highest BCUT2D eigenvalue weighted by Crippen LogP contribution is 2.20. The molecule has 0 aliphatic rings.